The van der Waals surface area contributed by atoms with Crippen LogP contribution in [0, 0.1) is 19.8 Å². The van der Waals surface area contributed by atoms with Crippen LogP contribution in [0.3, 0.4) is 0 Å². The predicted octanol–water partition coefficient (Wildman–Crippen LogP) is 2.90. The average Bonchev–Trinajstić information content (AvgIpc) is 3.61. The smallest absolute Gasteiger partial charge is 0.341 e. The zero-order valence-corrected chi connectivity index (χ0v) is 23.0. The molecule has 12 heteroatoms. The maximum absolute atomic E-state index is 13.6. The molecule has 0 bridgehead atoms. The fourth-order valence-corrected chi connectivity index (χ4v) is 5.55. The van der Waals surface area contributed by atoms with Crippen LogP contribution >= 0.6 is 11.3 Å². The molecule has 1 aromatic carbocycles. The molecule has 0 radical (unpaired) electrons. The van der Waals surface area contributed by atoms with Crippen LogP contribution in [-0.4, -0.2) is 68.3 Å². The minimum Gasteiger partial charge on any atom is -0.482 e. The molecule has 1 aliphatic heterocycles. The van der Waals surface area contributed by atoms with E-state index in [1.165, 1.54) is 16.2 Å². The molecule has 0 aliphatic carbocycles. The van der Waals surface area contributed by atoms with Gasteiger partial charge in [0.25, 0.3) is 0 Å². The van der Waals surface area contributed by atoms with Crippen molar-refractivity contribution in [3.05, 3.63) is 52.5 Å². The fraction of sp³-hybridized carbons (Fsp3) is 0.444. The third kappa shape index (κ3) is 6.45. The second-order valence-corrected chi connectivity index (χ2v) is 10.8. The Bertz CT molecular complexity index is 1350. The Morgan fingerprint density at radius 1 is 1.26 bits per heavy atom. The number of amides is 2. The summed E-state index contributed by atoms with van der Waals surface area (Å²) in [4.78, 5) is 44.6. The van der Waals surface area contributed by atoms with Gasteiger partial charge in [-0.15, -0.1) is 11.3 Å². The molecule has 1 fully saturated rings. The van der Waals surface area contributed by atoms with E-state index in [4.69, 9.17) is 14.4 Å². The van der Waals surface area contributed by atoms with Crippen molar-refractivity contribution < 1.29 is 33.9 Å². The van der Waals surface area contributed by atoms with E-state index in [-0.39, 0.29) is 31.3 Å². The van der Waals surface area contributed by atoms with Gasteiger partial charge >= 0.3 is 5.97 Å². The Labute approximate surface area is 229 Å². The van der Waals surface area contributed by atoms with Crippen molar-refractivity contribution in [1.82, 2.24) is 20.4 Å². The number of nitrogens with zero attached hydrogens (tertiary/aromatic N) is 3. The highest BCUT2D eigenvalue weighted by Gasteiger charge is 2.43. The molecule has 39 heavy (non-hydrogen) atoms. The van der Waals surface area contributed by atoms with Crippen molar-refractivity contribution in [3.8, 4) is 16.2 Å². The number of carbonyl (C=O) groups is 3. The minimum absolute atomic E-state index is 0.0309. The molecule has 4 rings (SSSR count). The number of hydrogen-bond acceptors (Lipinski definition) is 9. The molecule has 11 nitrogen and oxygen atoms in total. The largest absolute Gasteiger partial charge is 0.482 e. The van der Waals surface area contributed by atoms with Gasteiger partial charge in [0.15, 0.2) is 6.61 Å². The number of aromatic nitrogens is 2. The monoisotopic (exact) mass is 556 g/mol. The van der Waals surface area contributed by atoms with Crippen molar-refractivity contribution in [2.75, 3.05) is 13.2 Å². The molecular weight excluding hydrogens is 524 g/mol. The number of aliphatic hydroxyl groups is 1. The first kappa shape index (κ1) is 28.2. The predicted molar refractivity (Wildman–Crippen MR) is 142 cm³/mol. The van der Waals surface area contributed by atoms with Gasteiger partial charge in [0.1, 0.15) is 23.5 Å². The first-order valence-corrected chi connectivity index (χ1v) is 13.5. The Kier molecular flexibility index (Phi) is 8.66. The van der Waals surface area contributed by atoms with Crippen LogP contribution in [0.15, 0.2) is 34.3 Å². The van der Waals surface area contributed by atoms with Gasteiger partial charge in [0.2, 0.25) is 11.8 Å². The number of nitrogens with one attached hydrogen (secondary N) is 1. The summed E-state index contributed by atoms with van der Waals surface area (Å²) in [7, 11) is 0. The van der Waals surface area contributed by atoms with E-state index in [1.54, 1.807) is 30.6 Å². The second kappa shape index (κ2) is 12.0. The molecule has 2 aromatic heterocycles. The van der Waals surface area contributed by atoms with Crippen molar-refractivity contribution >= 4 is 29.1 Å². The number of aliphatic carboxylic acids is 1. The quantitative estimate of drug-likeness (QED) is 0.342. The van der Waals surface area contributed by atoms with Gasteiger partial charge in [0, 0.05) is 31.1 Å². The van der Waals surface area contributed by atoms with Gasteiger partial charge in [-0.25, -0.2) is 9.78 Å². The number of likely N-dealkylation sites (tertiary alicyclic amines) is 1. The van der Waals surface area contributed by atoms with E-state index < -0.39 is 36.5 Å². The highest BCUT2D eigenvalue weighted by Crippen LogP contribution is 2.33. The Morgan fingerprint density at radius 3 is 2.64 bits per heavy atom. The van der Waals surface area contributed by atoms with Crippen LogP contribution in [0.1, 0.15) is 48.9 Å². The third-order valence-electron chi connectivity index (χ3n) is 6.63. The van der Waals surface area contributed by atoms with Crippen molar-refractivity contribution in [2.45, 2.75) is 58.7 Å². The average molecular weight is 557 g/mol. The normalized spacial score (nSPS) is 17.8. The number of benzene rings is 1. The highest BCUT2D eigenvalue weighted by molar-refractivity contribution is 7.13. The van der Waals surface area contributed by atoms with Gasteiger partial charge in [-0.1, -0.05) is 31.1 Å². The lowest BCUT2D eigenvalue weighted by atomic mass is 9.91. The summed E-state index contributed by atoms with van der Waals surface area (Å²) in [5.41, 5.74) is 4.62. The van der Waals surface area contributed by atoms with Crippen LogP contribution < -0.4 is 10.1 Å². The topological polar surface area (TPSA) is 155 Å². The van der Waals surface area contributed by atoms with Crippen LogP contribution in [0.5, 0.6) is 5.75 Å². The van der Waals surface area contributed by atoms with Crippen LogP contribution in [-0.2, 0) is 20.9 Å². The van der Waals surface area contributed by atoms with Gasteiger partial charge in [-0.3, -0.25) is 9.59 Å². The van der Waals surface area contributed by atoms with Gasteiger partial charge in [-0.05, 0) is 31.4 Å². The van der Waals surface area contributed by atoms with E-state index >= 15 is 0 Å². The number of carbonyl (C=O) groups excluding carboxylic acids is 2. The first-order chi connectivity index (χ1) is 18.5. The van der Waals surface area contributed by atoms with Crippen LogP contribution in [0.2, 0.25) is 0 Å². The summed E-state index contributed by atoms with van der Waals surface area (Å²) in [6.07, 6.45) is -0.741. The molecule has 0 spiro atoms. The number of carboxylic acid groups (broad SMARTS) is 1. The molecule has 3 heterocycles. The molecular formula is C27H32N4O7S. The maximum Gasteiger partial charge on any atom is 0.341 e. The first-order valence-electron chi connectivity index (χ1n) is 12.6. The number of aliphatic hydroxyl groups excluding tert-OH is 1. The van der Waals surface area contributed by atoms with Crippen molar-refractivity contribution in [2.24, 2.45) is 5.92 Å². The lowest BCUT2D eigenvalue weighted by Crippen LogP contribution is -2.48. The van der Waals surface area contributed by atoms with Gasteiger partial charge in [0.05, 0.1) is 27.9 Å². The number of thiazole rings is 1. The fourth-order valence-electron chi connectivity index (χ4n) is 4.74. The summed E-state index contributed by atoms with van der Waals surface area (Å²) in [6.45, 7) is 6.96. The van der Waals surface area contributed by atoms with E-state index in [0.717, 1.165) is 16.1 Å². The summed E-state index contributed by atoms with van der Waals surface area (Å²) in [5, 5.41) is 26.2. The molecule has 2 amide bonds. The zero-order chi connectivity index (χ0) is 28.3. The summed E-state index contributed by atoms with van der Waals surface area (Å²) < 4.78 is 10.9. The molecule has 3 aromatic rings. The molecule has 3 N–H and O–H groups in total. The third-order valence-corrected chi connectivity index (χ3v) is 7.61. The Hall–Kier alpha value is -3.77. The summed E-state index contributed by atoms with van der Waals surface area (Å²) in [5.74, 6) is -1.89. The number of hydrogen-bond donors (Lipinski definition) is 3. The number of carboxylic acids is 1. The number of ether oxygens (including phenoxy) is 1. The van der Waals surface area contributed by atoms with Crippen LogP contribution in [0.25, 0.3) is 10.4 Å². The van der Waals surface area contributed by atoms with Gasteiger partial charge < -0.3 is 29.7 Å². The molecule has 1 saturated heterocycles. The lowest BCUT2D eigenvalue weighted by Gasteiger charge is -2.28. The standard InChI is InChI=1S/C27H32N4O7S/c1-14(2)24(22-7-15(3)30-38-22)27(36)31-11-19(32)9-20(31)26(35)28-10-18-6-5-17(25-16(4)29-13-39-25)8-21(18)37-12-23(33)34/h5-8,13-14,19-20,24,32H,9-12H2,1-4H3,(H,28,35)(H,33,34)/t19-,20+,24?/m1/s1. The maximum atomic E-state index is 13.6. The molecule has 1 aliphatic rings. The molecule has 1 unspecified atom stereocenters. The van der Waals surface area contributed by atoms with Gasteiger partial charge in [-0.2, -0.15) is 0 Å². The highest BCUT2D eigenvalue weighted by atomic mass is 32.1. The van der Waals surface area contributed by atoms with Crippen molar-refractivity contribution in [3.63, 3.8) is 0 Å². The van der Waals surface area contributed by atoms with E-state index in [0.29, 0.717) is 22.8 Å². The molecule has 0 saturated carbocycles. The number of rotatable bonds is 10. The minimum atomic E-state index is -1.12. The zero-order valence-electron chi connectivity index (χ0n) is 22.2. The lowest BCUT2D eigenvalue weighted by molar-refractivity contribution is -0.141. The number of aryl methyl sites for hydroxylation is 2. The second-order valence-electron chi connectivity index (χ2n) is 9.98. The SMILES string of the molecule is Cc1cc(C(C(=O)N2C[C@H](O)C[C@H]2C(=O)NCc2ccc(-c3scnc3C)cc2OCC(=O)O)C(C)C)on1. The van der Waals surface area contributed by atoms with Crippen LogP contribution in [0.4, 0.5) is 0 Å². The molecule has 3 atom stereocenters. The summed E-state index contributed by atoms with van der Waals surface area (Å²) in [6, 6.07) is 6.18. The molecule has 208 valence electrons. The Balaban J connectivity index is 1.51. The van der Waals surface area contributed by atoms with E-state index in [1.807, 2.05) is 26.8 Å². The Morgan fingerprint density at radius 2 is 2.03 bits per heavy atom. The van der Waals surface area contributed by atoms with E-state index in [2.05, 4.69) is 15.5 Å². The van der Waals surface area contributed by atoms with Crippen molar-refractivity contribution in [1.29, 1.82) is 0 Å². The van der Waals surface area contributed by atoms with E-state index in [9.17, 15) is 19.5 Å². The summed E-state index contributed by atoms with van der Waals surface area (Å²) >= 11 is 1.46. The number of β-amino-alcohol motifs (C(OH)–C–C–N with tert-alkyl or cyclic N) is 1.